The van der Waals surface area contributed by atoms with Crippen LogP contribution in [0.15, 0.2) is 0 Å². The van der Waals surface area contributed by atoms with E-state index in [1.165, 1.54) is 12.8 Å². The normalized spacial score (nSPS) is 35.3. The van der Waals surface area contributed by atoms with E-state index in [2.05, 4.69) is 10.6 Å². The Hall–Kier alpha value is -0.570. The van der Waals surface area contributed by atoms with Crippen molar-refractivity contribution in [1.82, 2.24) is 10.6 Å². The fraction of sp³-hybridized carbons (Fsp3) is 0.917. The molecule has 2 N–H and O–H groups in total. The molecule has 1 amide bonds. The number of amides is 1. The summed E-state index contributed by atoms with van der Waals surface area (Å²) in [7, 11) is 0. The highest BCUT2D eigenvalue weighted by atomic mass is 16.2. The predicted octanol–water partition coefficient (Wildman–Crippen LogP) is 1.43. The van der Waals surface area contributed by atoms with Crippen molar-refractivity contribution in [2.24, 2.45) is 5.41 Å². The molecule has 86 valence electrons. The minimum Gasteiger partial charge on any atom is -0.353 e. The van der Waals surface area contributed by atoms with Crippen molar-refractivity contribution in [3.05, 3.63) is 0 Å². The monoisotopic (exact) mass is 210 g/mol. The Bertz CT molecular complexity index is 245. The largest absolute Gasteiger partial charge is 0.353 e. The average molecular weight is 210 g/mol. The summed E-state index contributed by atoms with van der Waals surface area (Å²) in [5.74, 6) is 0.189. The molecule has 2 saturated heterocycles. The van der Waals surface area contributed by atoms with Crippen LogP contribution in [-0.4, -0.2) is 24.0 Å². The lowest BCUT2D eigenvalue weighted by Crippen LogP contribution is -2.50. The zero-order chi connectivity index (χ0) is 11.1. The Morgan fingerprint density at radius 3 is 2.20 bits per heavy atom. The first kappa shape index (κ1) is 10.9. The van der Waals surface area contributed by atoms with Gasteiger partial charge in [0.2, 0.25) is 5.91 Å². The first-order chi connectivity index (χ1) is 6.95. The molecule has 3 heteroatoms. The van der Waals surface area contributed by atoms with E-state index in [-0.39, 0.29) is 11.3 Å². The molecule has 2 fully saturated rings. The lowest BCUT2D eigenvalue weighted by molar-refractivity contribution is -0.129. The maximum absolute atomic E-state index is 11.8. The fourth-order valence-corrected chi connectivity index (χ4v) is 2.58. The highest BCUT2D eigenvalue weighted by Gasteiger charge is 2.35. The Morgan fingerprint density at radius 2 is 1.73 bits per heavy atom. The summed E-state index contributed by atoms with van der Waals surface area (Å²) in [5.41, 5.74) is -0.260. The van der Waals surface area contributed by atoms with E-state index in [0.29, 0.717) is 18.1 Å². The lowest BCUT2D eigenvalue weighted by Gasteiger charge is -2.31. The van der Waals surface area contributed by atoms with Crippen molar-refractivity contribution in [2.75, 3.05) is 0 Å². The van der Waals surface area contributed by atoms with Crippen LogP contribution in [0.25, 0.3) is 0 Å². The first-order valence-electron chi connectivity index (χ1n) is 6.02. The molecule has 0 saturated carbocycles. The Morgan fingerprint density at radius 1 is 1.20 bits per heavy atom. The molecule has 2 bridgehead atoms. The van der Waals surface area contributed by atoms with Crippen LogP contribution in [0.3, 0.4) is 0 Å². The molecular formula is C12H22N2O. The molecule has 0 radical (unpaired) electrons. The maximum atomic E-state index is 11.8. The molecule has 2 heterocycles. The lowest BCUT2D eigenvalue weighted by atomic mass is 9.93. The van der Waals surface area contributed by atoms with Gasteiger partial charge in [0, 0.05) is 23.5 Å². The molecule has 15 heavy (non-hydrogen) atoms. The molecule has 2 aliphatic rings. The van der Waals surface area contributed by atoms with Crippen LogP contribution in [0.4, 0.5) is 0 Å². The van der Waals surface area contributed by atoms with Crippen molar-refractivity contribution < 1.29 is 4.79 Å². The van der Waals surface area contributed by atoms with Crippen LogP contribution in [0.1, 0.15) is 46.5 Å². The van der Waals surface area contributed by atoms with Gasteiger partial charge in [0.1, 0.15) is 0 Å². The number of fused-ring (bicyclic) bond motifs is 2. The van der Waals surface area contributed by atoms with E-state index >= 15 is 0 Å². The van der Waals surface area contributed by atoms with Gasteiger partial charge in [0.25, 0.3) is 0 Å². The topological polar surface area (TPSA) is 41.1 Å². The molecule has 2 rings (SSSR count). The summed E-state index contributed by atoms with van der Waals surface area (Å²) in [6.07, 6.45) is 4.79. The summed E-state index contributed by atoms with van der Waals surface area (Å²) in [6, 6.07) is 1.69. The van der Waals surface area contributed by atoms with Gasteiger partial charge in [-0.05, 0) is 25.7 Å². The molecule has 0 spiro atoms. The standard InChI is InChI=1S/C12H22N2O/c1-12(2,3)11(15)14-10-6-8-4-5-9(7-10)13-8/h8-10,13H,4-7H2,1-3H3,(H,14,15). The molecule has 2 unspecified atom stereocenters. The summed E-state index contributed by atoms with van der Waals surface area (Å²) in [5, 5.41) is 6.76. The highest BCUT2D eigenvalue weighted by molar-refractivity contribution is 5.81. The average Bonchev–Trinajstić information content (AvgIpc) is 2.44. The van der Waals surface area contributed by atoms with Gasteiger partial charge >= 0.3 is 0 Å². The molecule has 2 atom stereocenters. The predicted molar refractivity (Wildman–Crippen MR) is 60.6 cm³/mol. The van der Waals surface area contributed by atoms with Crippen molar-refractivity contribution in [3.63, 3.8) is 0 Å². The third-order valence-corrected chi connectivity index (χ3v) is 3.49. The smallest absolute Gasteiger partial charge is 0.225 e. The first-order valence-corrected chi connectivity index (χ1v) is 6.02. The molecule has 0 aromatic heterocycles. The fourth-order valence-electron chi connectivity index (χ4n) is 2.58. The van der Waals surface area contributed by atoms with Crippen molar-refractivity contribution in [3.8, 4) is 0 Å². The van der Waals surface area contributed by atoms with Gasteiger partial charge in [-0.2, -0.15) is 0 Å². The zero-order valence-corrected chi connectivity index (χ0v) is 9.97. The number of nitrogens with one attached hydrogen (secondary N) is 2. The van der Waals surface area contributed by atoms with E-state index in [4.69, 9.17) is 0 Å². The third kappa shape index (κ3) is 2.51. The number of carbonyl (C=O) groups excluding carboxylic acids is 1. The highest BCUT2D eigenvalue weighted by Crippen LogP contribution is 2.27. The quantitative estimate of drug-likeness (QED) is 0.687. The molecule has 3 nitrogen and oxygen atoms in total. The Kier molecular flexibility index (Phi) is 2.75. The summed E-state index contributed by atoms with van der Waals surface area (Å²) < 4.78 is 0. The van der Waals surface area contributed by atoms with Crippen molar-refractivity contribution >= 4 is 5.91 Å². The van der Waals surface area contributed by atoms with Gasteiger partial charge in [-0.1, -0.05) is 20.8 Å². The SMILES string of the molecule is CC(C)(C)C(=O)NC1CC2CCC(C1)N2. The van der Waals surface area contributed by atoms with Crippen LogP contribution in [0, 0.1) is 5.41 Å². The summed E-state index contributed by atoms with van der Waals surface area (Å²) >= 11 is 0. The van der Waals surface area contributed by atoms with E-state index in [1.54, 1.807) is 0 Å². The van der Waals surface area contributed by atoms with E-state index in [1.807, 2.05) is 20.8 Å². The molecule has 0 aliphatic carbocycles. The third-order valence-electron chi connectivity index (χ3n) is 3.49. The molecule has 0 aromatic rings. The number of rotatable bonds is 1. The van der Waals surface area contributed by atoms with Gasteiger partial charge in [-0.3, -0.25) is 4.79 Å². The maximum Gasteiger partial charge on any atom is 0.225 e. The van der Waals surface area contributed by atoms with E-state index < -0.39 is 0 Å². The van der Waals surface area contributed by atoms with Gasteiger partial charge in [-0.15, -0.1) is 0 Å². The molecular weight excluding hydrogens is 188 g/mol. The Labute approximate surface area is 92.0 Å². The van der Waals surface area contributed by atoms with E-state index in [0.717, 1.165) is 12.8 Å². The van der Waals surface area contributed by atoms with Crippen LogP contribution in [-0.2, 0) is 4.79 Å². The van der Waals surface area contributed by atoms with E-state index in [9.17, 15) is 4.79 Å². The second-order valence-electron chi connectivity index (χ2n) is 6.03. The minimum atomic E-state index is -0.260. The number of hydrogen-bond donors (Lipinski definition) is 2. The zero-order valence-electron chi connectivity index (χ0n) is 9.97. The summed E-state index contributed by atoms with van der Waals surface area (Å²) in [6.45, 7) is 5.91. The van der Waals surface area contributed by atoms with Crippen LogP contribution in [0.2, 0.25) is 0 Å². The van der Waals surface area contributed by atoms with Gasteiger partial charge in [-0.25, -0.2) is 0 Å². The van der Waals surface area contributed by atoms with Crippen LogP contribution >= 0.6 is 0 Å². The second-order valence-corrected chi connectivity index (χ2v) is 6.03. The van der Waals surface area contributed by atoms with Gasteiger partial charge in [0.05, 0.1) is 0 Å². The van der Waals surface area contributed by atoms with Gasteiger partial charge in [0.15, 0.2) is 0 Å². The summed E-state index contributed by atoms with van der Waals surface area (Å²) in [4.78, 5) is 11.8. The number of hydrogen-bond acceptors (Lipinski definition) is 2. The number of piperidine rings is 1. The Balaban J connectivity index is 1.88. The van der Waals surface area contributed by atoms with Crippen LogP contribution in [0.5, 0.6) is 0 Å². The molecule has 2 aliphatic heterocycles. The van der Waals surface area contributed by atoms with Crippen molar-refractivity contribution in [1.29, 1.82) is 0 Å². The second kappa shape index (κ2) is 3.78. The number of carbonyl (C=O) groups is 1. The minimum absolute atomic E-state index is 0.189. The molecule has 0 aromatic carbocycles. The van der Waals surface area contributed by atoms with Crippen LogP contribution < -0.4 is 10.6 Å². The van der Waals surface area contributed by atoms with Crippen molar-refractivity contribution in [2.45, 2.75) is 64.6 Å². The van der Waals surface area contributed by atoms with Gasteiger partial charge < -0.3 is 10.6 Å².